The van der Waals surface area contributed by atoms with Gasteiger partial charge in [-0.25, -0.2) is 0 Å². The van der Waals surface area contributed by atoms with Gasteiger partial charge in [-0.1, -0.05) is 79.7 Å². The highest BCUT2D eigenvalue weighted by molar-refractivity contribution is 5.90. The van der Waals surface area contributed by atoms with Crippen LogP contribution in [-0.2, 0) is 0 Å². The quantitative estimate of drug-likeness (QED) is 0.645. The molecule has 22 heavy (non-hydrogen) atoms. The molecule has 0 aliphatic carbocycles. The van der Waals surface area contributed by atoms with Crippen LogP contribution in [0.15, 0.2) is 65.8 Å². The lowest BCUT2D eigenvalue weighted by atomic mass is 9.75. The van der Waals surface area contributed by atoms with Gasteiger partial charge in [-0.15, -0.1) is 0 Å². The van der Waals surface area contributed by atoms with Crippen molar-refractivity contribution in [3.8, 4) is 0 Å². The molecule has 1 aliphatic rings. The van der Waals surface area contributed by atoms with Crippen molar-refractivity contribution in [3.05, 3.63) is 71.8 Å². The third kappa shape index (κ3) is 2.64. The fraction of sp³-hybridized carbons (Fsp3) is 0.316. The Labute approximate surface area is 131 Å². The van der Waals surface area contributed by atoms with Crippen molar-refractivity contribution in [2.24, 2.45) is 17.0 Å². The monoisotopic (exact) mass is 294 g/mol. The maximum atomic E-state index is 9.52. The van der Waals surface area contributed by atoms with Crippen molar-refractivity contribution in [3.63, 3.8) is 0 Å². The van der Waals surface area contributed by atoms with Gasteiger partial charge in [-0.05, 0) is 11.1 Å². The summed E-state index contributed by atoms with van der Waals surface area (Å²) in [5, 5.41) is 16.9. The molecule has 1 saturated heterocycles. The van der Waals surface area contributed by atoms with Crippen molar-refractivity contribution in [1.29, 1.82) is 0 Å². The van der Waals surface area contributed by atoms with Crippen LogP contribution >= 0.6 is 0 Å². The maximum Gasteiger partial charge on any atom is 0.0664 e. The lowest BCUT2D eigenvalue weighted by Crippen LogP contribution is -2.46. The number of oxime groups is 1. The van der Waals surface area contributed by atoms with Crippen molar-refractivity contribution in [1.82, 2.24) is 5.32 Å². The van der Waals surface area contributed by atoms with Crippen LogP contribution in [0.25, 0.3) is 0 Å². The second kappa shape index (κ2) is 6.32. The zero-order chi connectivity index (χ0) is 15.5. The van der Waals surface area contributed by atoms with Crippen LogP contribution in [0, 0.1) is 11.8 Å². The highest BCUT2D eigenvalue weighted by Crippen LogP contribution is 2.38. The van der Waals surface area contributed by atoms with Crippen LogP contribution in [0.3, 0.4) is 0 Å². The minimum Gasteiger partial charge on any atom is -0.411 e. The second-order valence-corrected chi connectivity index (χ2v) is 6.05. The van der Waals surface area contributed by atoms with Gasteiger partial charge in [0.1, 0.15) is 0 Å². The molecule has 2 aromatic rings. The number of nitrogens with zero attached hydrogens (tertiary/aromatic N) is 1. The number of benzene rings is 2. The zero-order valence-electron chi connectivity index (χ0n) is 13.0. The lowest BCUT2D eigenvalue weighted by Gasteiger charge is -2.41. The summed E-state index contributed by atoms with van der Waals surface area (Å²) in [6.45, 7) is 4.24. The molecule has 0 unspecified atom stereocenters. The molecule has 2 aromatic carbocycles. The summed E-state index contributed by atoms with van der Waals surface area (Å²) >= 11 is 0. The molecule has 1 aliphatic heterocycles. The van der Waals surface area contributed by atoms with E-state index in [4.69, 9.17) is 0 Å². The summed E-state index contributed by atoms with van der Waals surface area (Å²) in [5.74, 6) is 0.310. The van der Waals surface area contributed by atoms with Crippen molar-refractivity contribution in [2.45, 2.75) is 25.9 Å². The average Bonchev–Trinajstić information content (AvgIpc) is 2.57. The smallest absolute Gasteiger partial charge is 0.0664 e. The van der Waals surface area contributed by atoms with E-state index >= 15 is 0 Å². The highest BCUT2D eigenvalue weighted by atomic mass is 16.4. The number of piperidine rings is 1. The first-order valence-corrected chi connectivity index (χ1v) is 7.80. The molecule has 1 heterocycles. The van der Waals surface area contributed by atoms with Gasteiger partial charge in [0.15, 0.2) is 0 Å². The Balaban J connectivity index is 1.99. The molecule has 2 N–H and O–H groups in total. The van der Waals surface area contributed by atoms with Gasteiger partial charge < -0.3 is 10.5 Å². The van der Waals surface area contributed by atoms with Crippen molar-refractivity contribution in [2.75, 3.05) is 0 Å². The Morgan fingerprint density at radius 2 is 1.18 bits per heavy atom. The average molecular weight is 294 g/mol. The van der Waals surface area contributed by atoms with E-state index in [0.29, 0.717) is 0 Å². The summed E-state index contributed by atoms with van der Waals surface area (Å²) in [6, 6.07) is 21.0. The van der Waals surface area contributed by atoms with Crippen molar-refractivity contribution >= 4 is 5.71 Å². The molecule has 114 valence electrons. The standard InChI is InChI=1S/C19H22N2O/c1-13-17(21-22)14(2)19(16-11-7-4-8-12-16)20-18(13)15-9-5-3-6-10-15/h3-14,18-20,22H,1-2H3/t13-,14+,18-,19-/m0/s1. The number of nitrogens with one attached hydrogen (secondary N) is 1. The number of hydrogen-bond acceptors (Lipinski definition) is 3. The van der Waals surface area contributed by atoms with E-state index in [1.54, 1.807) is 0 Å². The predicted octanol–water partition coefficient (Wildman–Crippen LogP) is 4.17. The first kappa shape index (κ1) is 14.8. The molecule has 0 radical (unpaired) electrons. The van der Waals surface area contributed by atoms with E-state index in [-0.39, 0.29) is 23.9 Å². The molecular weight excluding hydrogens is 272 g/mol. The zero-order valence-corrected chi connectivity index (χ0v) is 13.0. The molecule has 3 nitrogen and oxygen atoms in total. The molecule has 0 saturated carbocycles. The van der Waals surface area contributed by atoms with Gasteiger partial charge in [0.05, 0.1) is 5.71 Å². The van der Waals surface area contributed by atoms with E-state index in [2.05, 4.69) is 72.9 Å². The fourth-order valence-corrected chi connectivity index (χ4v) is 3.51. The van der Waals surface area contributed by atoms with Gasteiger partial charge in [-0.2, -0.15) is 0 Å². The Hall–Kier alpha value is -2.13. The fourth-order valence-electron chi connectivity index (χ4n) is 3.51. The second-order valence-electron chi connectivity index (χ2n) is 6.05. The molecule has 0 bridgehead atoms. The van der Waals surface area contributed by atoms with E-state index in [1.807, 2.05) is 12.1 Å². The summed E-state index contributed by atoms with van der Waals surface area (Å²) in [7, 11) is 0. The largest absolute Gasteiger partial charge is 0.411 e. The highest BCUT2D eigenvalue weighted by Gasteiger charge is 2.38. The molecule has 3 heteroatoms. The van der Waals surface area contributed by atoms with Gasteiger partial charge in [0, 0.05) is 23.9 Å². The molecule has 3 rings (SSSR count). The van der Waals surface area contributed by atoms with Gasteiger partial charge >= 0.3 is 0 Å². The number of hydrogen-bond donors (Lipinski definition) is 2. The molecule has 1 fully saturated rings. The summed E-state index contributed by atoms with van der Waals surface area (Å²) in [5.41, 5.74) is 3.31. The van der Waals surface area contributed by atoms with Gasteiger partial charge in [0.2, 0.25) is 0 Å². The van der Waals surface area contributed by atoms with Gasteiger partial charge in [-0.3, -0.25) is 0 Å². The normalized spacial score (nSPS) is 30.4. The van der Waals surface area contributed by atoms with Crippen LogP contribution in [0.4, 0.5) is 0 Å². The number of rotatable bonds is 2. The maximum absolute atomic E-state index is 9.52. The minimum atomic E-state index is 0.147. The Bertz CT molecular complexity index is 585. The third-order valence-electron chi connectivity index (χ3n) is 4.73. The van der Waals surface area contributed by atoms with E-state index in [1.165, 1.54) is 11.1 Å². The van der Waals surface area contributed by atoms with Crippen LogP contribution in [-0.4, -0.2) is 10.9 Å². The Kier molecular flexibility index (Phi) is 4.25. The summed E-state index contributed by atoms with van der Waals surface area (Å²) < 4.78 is 0. The van der Waals surface area contributed by atoms with Crippen LogP contribution in [0.1, 0.15) is 37.1 Å². The molecule has 0 aromatic heterocycles. The van der Waals surface area contributed by atoms with E-state index in [0.717, 1.165) is 5.71 Å². The summed E-state index contributed by atoms with van der Waals surface area (Å²) in [6.07, 6.45) is 0. The molecule has 0 amide bonds. The van der Waals surface area contributed by atoms with E-state index < -0.39 is 0 Å². The van der Waals surface area contributed by atoms with Gasteiger partial charge in [0.25, 0.3) is 0 Å². The minimum absolute atomic E-state index is 0.147. The topological polar surface area (TPSA) is 44.6 Å². The van der Waals surface area contributed by atoms with Crippen LogP contribution in [0.2, 0.25) is 0 Å². The predicted molar refractivity (Wildman–Crippen MR) is 89.1 cm³/mol. The van der Waals surface area contributed by atoms with Crippen LogP contribution in [0.5, 0.6) is 0 Å². The Morgan fingerprint density at radius 3 is 1.55 bits per heavy atom. The first-order valence-electron chi connectivity index (χ1n) is 7.80. The van der Waals surface area contributed by atoms with Crippen LogP contribution < -0.4 is 5.32 Å². The van der Waals surface area contributed by atoms with E-state index in [9.17, 15) is 5.21 Å². The molecular formula is C19H22N2O. The first-order chi connectivity index (χ1) is 10.7. The third-order valence-corrected chi connectivity index (χ3v) is 4.73. The molecule has 0 spiro atoms. The Morgan fingerprint density at radius 1 is 0.773 bits per heavy atom. The SMILES string of the molecule is C[C@@H]1C(=NO)[C@H](C)[C@@H](c2ccccc2)N[C@@H]1c1ccccc1. The summed E-state index contributed by atoms with van der Waals surface area (Å²) in [4.78, 5) is 0. The lowest BCUT2D eigenvalue weighted by molar-refractivity contribution is 0.271. The van der Waals surface area contributed by atoms with Crippen molar-refractivity contribution < 1.29 is 5.21 Å². The molecule has 4 atom stereocenters.